The van der Waals surface area contributed by atoms with Crippen LogP contribution in [0.2, 0.25) is 0 Å². The minimum absolute atomic E-state index is 0.0606. The van der Waals surface area contributed by atoms with Crippen molar-refractivity contribution in [3.05, 3.63) is 54.1 Å². The van der Waals surface area contributed by atoms with Crippen LogP contribution in [-0.2, 0) is 0 Å². The summed E-state index contributed by atoms with van der Waals surface area (Å²) in [7, 11) is 0. The lowest BCUT2D eigenvalue weighted by Crippen LogP contribution is -2.58. The summed E-state index contributed by atoms with van der Waals surface area (Å²) in [6.45, 7) is 1.58. The zero-order valence-corrected chi connectivity index (χ0v) is 16.1. The number of ketones is 1. The van der Waals surface area contributed by atoms with E-state index in [1.165, 1.54) is 6.42 Å². The average Bonchev–Trinajstić information content (AvgIpc) is 2.68. The number of carbonyl (C=O) groups excluding carboxylic acids is 1. The molecule has 2 aromatic carbocycles. The lowest BCUT2D eigenvalue weighted by Gasteiger charge is -2.45. The van der Waals surface area contributed by atoms with Crippen molar-refractivity contribution in [2.45, 2.75) is 44.7 Å². The van der Waals surface area contributed by atoms with Crippen molar-refractivity contribution in [3.8, 4) is 11.1 Å². The normalized spacial score (nSPS) is 18.5. The first-order chi connectivity index (χ1) is 13.5. The van der Waals surface area contributed by atoms with Gasteiger partial charge in [-0.2, -0.15) is 4.99 Å². The summed E-state index contributed by atoms with van der Waals surface area (Å²) in [5, 5.41) is 0. The Morgan fingerprint density at radius 1 is 1.00 bits per heavy atom. The first kappa shape index (κ1) is 18.2. The number of nitrogens with two attached hydrogens (primary N) is 2. The van der Waals surface area contributed by atoms with Gasteiger partial charge in [0.1, 0.15) is 5.66 Å². The molecule has 0 aromatic heterocycles. The van der Waals surface area contributed by atoms with Crippen LogP contribution in [0, 0.1) is 0 Å². The predicted molar refractivity (Wildman–Crippen MR) is 113 cm³/mol. The maximum absolute atomic E-state index is 11.7. The molecule has 0 bridgehead atoms. The van der Waals surface area contributed by atoms with E-state index in [1.807, 2.05) is 53.4 Å². The highest BCUT2D eigenvalue weighted by Crippen LogP contribution is 2.39. The monoisotopic (exact) mass is 375 g/mol. The van der Waals surface area contributed by atoms with Crippen LogP contribution in [-0.4, -0.2) is 23.4 Å². The molecule has 0 unspecified atom stereocenters. The van der Waals surface area contributed by atoms with Crippen molar-refractivity contribution in [1.29, 1.82) is 0 Å². The van der Waals surface area contributed by atoms with Gasteiger partial charge in [0, 0.05) is 11.3 Å². The molecule has 1 aliphatic heterocycles. The molecule has 1 aliphatic carbocycles. The molecule has 6 heteroatoms. The highest BCUT2D eigenvalue weighted by Gasteiger charge is 2.42. The van der Waals surface area contributed by atoms with Crippen LogP contribution in [0.3, 0.4) is 0 Å². The molecule has 2 aliphatic rings. The zero-order valence-electron chi connectivity index (χ0n) is 16.1. The van der Waals surface area contributed by atoms with Crippen molar-refractivity contribution in [1.82, 2.24) is 0 Å². The molecule has 1 saturated carbocycles. The molecule has 0 radical (unpaired) electrons. The Hall–Kier alpha value is -3.15. The second-order valence-electron chi connectivity index (χ2n) is 7.50. The van der Waals surface area contributed by atoms with E-state index < -0.39 is 5.66 Å². The Balaban J connectivity index is 1.69. The van der Waals surface area contributed by atoms with Gasteiger partial charge in [0.2, 0.25) is 11.9 Å². The Labute approximate surface area is 165 Å². The summed E-state index contributed by atoms with van der Waals surface area (Å²) in [4.78, 5) is 22.6. The largest absolute Gasteiger partial charge is 0.369 e. The standard InChI is InChI=1S/C22H25N5O/c1-15(28)17-6-5-7-18(14-17)16-8-10-19(11-9-16)27-21(24)25-20(23)26-22(27)12-3-2-4-13-22/h5-11,14H,2-4,12-13H2,1H3,(H4,23,24,25,26). The van der Waals surface area contributed by atoms with E-state index in [4.69, 9.17) is 16.5 Å². The Bertz CT molecular complexity index is 955. The Morgan fingerprint density at radius 3 is 2.39 bits per heavy atom. The second kappa shape index (κ2) is 7.11. The molecule has 0 saturated heterocycles. The smallest absolute Gasteiger partial charge is 0.220 e. The van der Waals surface area contributed by atoms with E-state index in [2.05, 4.69) is 4.99 Å². The zero-order chi connectivity index (χ0) is 19.7. The third kappa shape index (κ3) is 3.26. The number of rotatable bonds is 3. The minimum Gasteiger partial charge on any atom is -0.369 e. The van der Waals surface area contributed by atoms with Gasteiger partial charge in [0.25, 0.3) is 0 Å². The number of anilines is 1. The van der Waals surface area contributed by atoms with Gasteiger partial charge in [-0.1, -0.05) is 36.8 Å². The number of aliphatic imine (C=N–C) groups is 2. The van der Waals surface area contributed by atoms with Crippen LogP contribution in [0.15, 0.2) is 58.5 Å². The molecular weight excluding hydrogens is 350 g/mol. The van der Waals surface area contributed by atoms with Crippen LogP contribution in [0.4, 0.5) is 5.69 Å². The second-order valence-corrected chi connectivity index (χ2v) is 7.50. The lowest BCUT2D eigenvalue weighted by molar-refractivity contribution is 0.101. The molecule has 144 valence electrons. The van der Waals surface area contributed by atoms with Crippen molar-refractivity contribution < 1.29 is 4.79 Å². The van der Waals surface area contributed by atoms with E-state index in [0.29, 0.717) is 11.5 Å². The SMILES string of the molecule is CC(=O)c1cccc(-c2ccc(N3C(N)=NC(N)=NC34CCCCC4)cc2)c1. The number of hydrogen-bond donors (Lipinski definition) is 2. The molecule has 1 heterocycles. The van der Waals surface area contributed by atoms with Crippen LogP contribution >= 0.6 is 0 Å². The van der Waals surface area contributed by atoms with E-state index in [1.54, 1.807) is 6.92 Å². The maximum Gasteiger partial charge on any atom is 0.220 e. The first-order valence-electron chi connectivity index (χ1n) is 9.70. The van der Waals surface area contributed by atoms with E-state index >= 15 is 0 Å². The number of carbonyl (C=O) groups is 1. The summed E-state index contributed by atoms with van der Waals surface area (Å²) in [6, 6.07) is 15.8. The number of nitrogens with zero attached hydrogens (tertiary/aromatic N) is 3. The van der Waals surface area contributed by atoms with E-state index in [-0.39, 0.29) is 11.7 Å². The summed E-state index contributed by atoms with van der Waals surface area (Å²) >= 11 is 0. The predicted octanol–water partition coefficient (Wildman–Crippen LogP) is 3.67. The lowest BCUT2D eigenvalue weighted by atomic mass is 9.87. The number of Topliss-reactive ketones (excluding diaryl/α,β-unsaturated/α-hetero) is 1. The third-order valence-corrected chi connectivity index (χ3v) is 5.58. The van der Waals surface area contributed by atoms with E-state index in [9.17, 15) is 4.79 Å². The van der Waals surface area contributed by atoms with Crippen molar-refractivity contribution in [2.75, 3.05) is 4.90 Å². The topological polar surface area (TPSA) is 97.1 Å². The minimum atomic E-state index is -0.440. The van der Waals surface area contributed by atoms with Crippen LogP contribution in [0.1, 0.15) is 49.4 Å². The van der Waals surface area contributed by atoms with Crippen LogP contribution in [0.5, 0.6) is 0 Å². The third-order valence-electron chi connectivity index (χ3n) is 5.58. The van der Waals surface area contributed by atoms with Gasteiger partial charge < -0.3 is 11.5 Å². The molecule has 2 aromatic rings. The van der Waals surface area contributed by atoms with Gasteiger partial charge in [-0.05, 0) is 61.9 Å². The van der Waals surface area contributed by atoms with Gasteiger partial charge in [0.15, 0.2) is 5.78 Å². The van der Waals surface area contributed by atoms with Gasteiger partial charge in [-0.15, -0.1) is 0 Å². The molecule has 1 spiro atoms. The molecule has 1 fully saturated rings. The number of benzene rings is 2. The average molecular weight is 375 g/mol. The fourth-order valence-corrected chi connectivity index (χ4v) is 4.22. The summed E-state index contributed by atoms with van der Waals surface area (Å²) < 4.78 is 0. The van der Waals surface area contributed by atoms with E-state index in [0.717, 1.165) is 42.5 Å². The van der Waals surface area contributed by atoms with Crippen LogP contribution in [0.25, 0.3) is 11.1 Å². The van der Waals surface area contributed by atoms with Crippen molar-refractivity contribution in [2.24, 2.45) is 21.5 Å². The first-order valence-corrected chi connectivity index (χ1v) is 9.70. The molecule has 0 atom stereocenters. The maximum atomic E-state index is 11.7. The van der Waals surface area contributed by atoms with Gasteiger partial charge >= 0.3 is 0 Å². The molecule has 0 amide bonds. The van der Waals surface area contributed by atoms with Crippen molar-refractivity contribution in [3.63, 3.8) is 0 Å². The molecule has 6 nitrogen and oxygen atoms in total. The molecule has 4 N–H and O–H groups in total. The van der Waals surface area contributed by atoms with Gasteiger partial charge in [-0.25, -0.2) is 4.99 Å². The summed E-state index contributed by atoms with van der Waals surface area (Å²) in [5.74, 6) is 0.708. The van der Waals surface area contributed by atoms with Gasteiger partial charge in [-0.3, -0.25) is 9.69 Å². The highest BCUT2D eigenvalue weighted by molar-refractivity contribution is 6.05. The number of guanidine groups is 2. The van der Waals surface area contributed by atoms with Gasteiger partial charge in [0.05, 0.1) is 0 Å². The summed E-state index contributed by atoms with van der Waals surface area (Å²) in [5.41, 5.74) is 15.5. The highest BCUT2D eigenvalue weighted by atomic mass is 16.1. The number of hydrogen-bond acceptors (Lipinski definition) is 6. The summed E-state index contributed by atoms with van der Waals surface area (Å²) in [6.07, 6.45) is 5.21. The van der Waals surface area contributed by atoms with Crippen LogP contribution < -0.4 is 16.4 Å². The Kier molecular flexibility index (Phi) is 4.63. The van der Waals surface area contributed by atoms with Crippen molar-refractivity contribution >= 4 is 23.4 Å². The molecular formula is C22H25N5O. The fraction of sp³-hybridized carbons (Fsp3) is 0.318. The molecule has 4 rings (SSSR count). The molecule has 28 heavy (non-hydrogen) atoms. The fourth-order valence-electron chi connectivity index (χ4n) is 4.22. The quantitative estimate of drug-likeness (QED) is 0.800. The Morgan fingerprint density at radius 2 is 1.71 bits per heavy atom.